The Morgan fingerprint density at radius 1 is 1.39 bits per heavy atom. The van der Waals surface area contributed by atoms with Crippen molar-refractivity contribution in [2.24, 2.45) is 7.05 Å². The molecule has 7 heteroatoms. The van der Waals surface area contributed by atoms with Crippen LogP contribution >= 0.6 is 23.4 Å². The number of carbonyl (C=O) groups is 1. The molecule has 18 heavy (non-hydrogen) atoms. The van der Waals surface area contributed by atoms with Crippen molar-refractivity contribution in [2.75, 3.05) is 0 Å². The third-order valence-electron chi connectivity index (χ3n) is 2.10. The molecule has 0 aliphatic heterocycles. The van der Waals surface area contributed by atoms with Crippen molar-refractivity contribution in [3.8, 4) is 0 Å². The van der Waals surface area contributed by atoms with Crippen molar-refractivity contribution in [3.63, 3.8) is 0 Å². The van der Waals surface area contributed by atoms with Crippen molar-refractivity contribution < 1.29 is 4.79 Å². The van der Waals surface area contributed by atoms with Crippen LogP contribution in [0.2, 0.25) is 5.02 Å². The number of aryl methyl sites for hydroxylation is 1. The van der Waals surface area contributed by atoms with Crippen molar-refractivity contribution in [1.29, 1.82) is 0 Å². The van der Waals surface area contributed by atoms with Gasteiger partial charge in [-0.15, -0.1) is 5.10 Å². The van der Waals surface area contributed by atoms with Gasteiger partial charge in [-0.2, -0.15) is 0 Å². The highest BCUT2D eigenvalue weighted by Gasteiger charge is 2.02. The van der Waals surface area contributed by atoms with Gasteiger partial charge in [0.2, 0.25) is 5.16 Å². The maximum absolute atomic E-state index is 11.8. The molecular weight excluding hydrogens is 272 g/mol. The van der Waals surface area contributed by atoms with Gasteiger partial charge in [-0.3, -0.25) is 4.79 Å². The quantitative estimate of drug-likeness (QED) is 0.489. The van der Waals surface area contributed by atoms with Gasteiger partial charge in [0.05, 0.1) is 0 Å². The van der Waals surface area contributed by atoms with Crippen LogP contribution < -0.4 is 0 Å². The van der Waals surface area contributed by atoms with Crippen molar-refractivity contribution in [3.05, 3.63) is 46.3 Å². The summed E-state index contributed by atoms with van der Waals surface area (Å²) in [5, 5.41) is 13.8. The normalized spacial score (nSPS) is 11.0. The number of aromatic nitrogens is 4. The molecule has 0 N–H and O–H groups in total. The summed E-state index contributed by atoms with van der Waals surface area (Å²) in [5.74, 6) is -0.0886. The topological polar surface area (TPSA) is 60.7 Å². The van der Waals surface area contributed by atoms with Gasteiger partial charge < -0.3 is 0 Å². The number of rotatable bonds is 4. The standard InChI is InChI=1S/C11H9ClN4OS/c1-16-11(13-14-15-16)18-7-6-10(17)8-2-4-9(12)5-3-8/h2-7H,1H3/b7-6-. The Morgan fingerprint density at radius 3 is 2.72 bits per heavy atom. The molecule has 0 atom stereocenters. The second-order valence-corrected chi connectivity index (χ2v) is 4.69. The second-order valence-electron chi connectivity index (χ2n) is 3.38. The molecule has 0 bridgehead atoms. The number of carbonyl (C=O) groups excluding carboxylic acids is 1. The average Bonchev–Trinajstić information content (AvgIpc) is 2.76. The van der Waals surface area contributed by atoms with E-state index >= 15 is 0 Å². The van der Waals surface area contributed by atoms with Crippen LogP contribution in [-0.2, 0) is 7.05 Å². The first-order valence-electron chi connectivity index (χ1n) is 5.02. The average molecular weight is 281 g/mol. The fourth-order valence-electron chi connectivity index (χ4n) is 1.19. The summed E-state index contributed by atoms with van der Waals surface area (Å²) in [6.07, 6.45) is 1.47. The first kappa shape index (κ1) is 12.8. The van der Waals surface area contributed by atoms with E-state index in [9.17, 15) is 4.79 Å². The number of thioether (sulfide) groups is 1. The highest BCUT2D eigenvalue weighted by molar-refractivity contribution is 8.02. The second kappa shape index (κ2) is 5.79. The lowest BCUT2D eigenvalue weighted by Crippen LogP contribution is -1.93. The number of hydrogen-bond acceptors (Lipinski definition) is 5. The molecule has 2 rings (SSSR count). The van der Waals surface area contributed by atoms with Gasteiger partial charge in [0.1, 0.15) is 0 Å². The molecule has 0 aliphatic rings. The summed E-state index contributed by atoms with van der Waals surface area (Å²) in [7, 11) is 1.73. The highest BCUT2D eigenvalue weighted by atomic mass is 35.5. The van der Waals surface area contributed by atoms with Crippen molar-refractivity contribution in [1.82, 2.24) is 20.2 Å². The molecule has 5 nitrogen and oxygen atoms in total. The molecule has 0 saturated heterocycles. The molecular formula is C11H9ClN4OS. The van der Waals surface area contributed by atoms with E-state index in [0.717, 1.165) is 0 Å². The third-order valence-corrected chi connectivity index (χ3v) is 3.18. The molecule has 1 aromatic carbocycles. The number of nitrogens with zero attached hydrogens (tertiary/aromatic N) is 4. The van der Waals surface area contributed by atoms with Crippen LogP contribution in [0.5, 0.6) is 0 Å². The number of tetrazole rings is 1. The Bertz CT molecular complexity index is 579. The molecule has 0 radical (unpaired) electrons. The van der Waals surface area contributed by atoms with Gasteiger partial charge in [-0.1, -0.05) is 23.4 Å². The van der Waals surface area contributed by atoms with E-state index in [2.05, 4.69) is 15.5 Å². The van der Waals surface area contributed by atoms with E-state index in [1.165, 1.54) is 22.5 Å². The number of hydrogen-bond donors (Lipinski definition) is 0. The lowest BCUT2D eigenvalue weighted by molar-refractivity contribution is 0.104. The van der Waals surface area contributed by atoms with Crippen LogP contribution in [0.1, 0.15) is 10.4 Å². The molecule has 92 valence electrons. The molecule has 0 spiro atoms. The highest BCUT2D eigenvalue weighted by Crippen LogP contribution is 2.15. The number of allylic oxidation sites excluding steroid dienone is 1. The van der Waals surface area contributed by atoms with Gasteiger partial charge in [-0.25, -0.2) is 4.68 Å². The van der Waals surface area contributed by atoms with Crippen LogP contribution in [0.25, 0.3) is 0 Å². The molecule has 0 amide bonds. The maximum Gasteiger partial charge on any atom is 0.213 e. The Kier molecular flexibility index (Phi) is 4.11. The SMILES string of the molecule is Cn1nnnc1S/C=C\C(=O)c1ccc(Cl)cc1. The summed E-state index contributed by atoms with van der Waals surface area (Å²) < 4.78 is 1.53. The van der Waals surface area contributed by atoms with E-state index in [4.69, 9.17) is 11.6 Å². The Hall–Kier alpha value is -1.66. The molecule has 0 saturated carbocycles. The summed E-state index contributed by atoms with van der Waals surface area (Å²) in [5.41, 5.74) is 0.590. The van der Waals surface area contributed by atoms with Crippen LogP contribution in [-0.4, -0.2) is 26.0 Å². The summed E-state index contributed by atoms with van der Waals surface area (Å²) in [6, 6.07) is 6.73. The molecule has 2 aromatic rings. The first-order chi connectivity index (χ1) is 8.66. The molecule has 1 heterocycles. The first-order valence-corrected chi connectivity index (χ1v) is 6.28. The number of ketones is 1. The monoisotopic (exact) mass is 280 g/mol. The van der Waals surface area contributed by atoms with E-state index in [1.54, 1.807) is 36.7 Å². The fourth-order valence-corrected chi connectivity index (χ4v) is 1.90. The zero-order valence-corrected chi connectivity index (χ0v) is 11.0. The lowest BCUT2D eigenvalue weighted by Gasteiger charge is -1.95. The molecule has 0 unspecified atom stereocenters. The minimum atomic E-state index is -0.0886. The predicted molar refractivity (Wildman–Crippen MR) is 69.6 cm³/mol. The number of benzene rings is 1. The van der Waals surface area contributed by atoms with E-state index in [0.29, 0.717) is 15.7 Å². The van der Waals surface area contributed by atoms with E-state index < -0.39 is 0 Å². The van der Waals surface area contributed by atoms with Crippen molar-refractivity contribution in [2.45, 2.75) is 5.16 Å². The minimum absolute atomic E-state index is 0.0886. The van der Waals surface area contributed by atoms with Crippen LogP contribution in [0.3, 0.4) is 0 Å². The van der Waals surface area contributed by atoms with Crippen LogP contribution in [0, 0.1) is 0 Å². The summed E-state index contributed by atoms with van der Waals surface area (Å²) in [6.45, 7) is 0. The lowest BCUT2D eigenvalue weighted by atomic mass is 10.1. The Morgan fingerprint density at radius 2 is 2.11 bits per heavy atom. The van der Waals surface area contributed by atoms with E-state index in [1.807, 2.05) is 0 Å². The minimum Gasteiger partial charge on any atom is -0.289 e. The third kappa shape index (κ3) is 3.18. The van der Waals surface area contributed by atoms with Crippen LogP contribution in [0.4, 0.5) is 0 Å². The Labute approximate surface area is 113 Å². The largest absolute Gasteiger partial charge is 0.289 e. The molecule has 0 fully saturated rings. The zero-order chi connectivity index (χ0) is 13.0. The maximum atomic E-state index is 11.8. The molecule has 0 aliphatic carbocycles. The number of halogens is 1. The van der Waals surface area contributed by atoms with Gasteiger partial charge in [-0.05, 0) is 46.2 Å². The predicted octanol–water partition coefficient (Wildman–Crippen LogP) is 2.35. The van der Waals surface area contributed by atoms with Crippen LogP contribution in [0.15, 0.2) is 40.9 Å². The van der Waals surface area contributed by atoms with Crippen molar-refractivity contribution >= 4 is 29.1 Å². The summed E-state index contributed by atoms with van der Waals surface area (Å²) in [4.78, 5) is 11.8. The van der Waals surface area contributed by atoms with Gasteiger partial charge in [0.25, 0.3) is 0 Å². The van der Waals surface area contributed by atoms with Gasteiger partial charge in [0, 0.05) is 17.6 Å². The summed E-state index contributed by atoms with van der Waals surface area (Å²) >= 11 is 7.03. The fraction of sp³-hybridized carbons (Fsp3) is 0.0909. The van der Waals surface area contributed by atoms with E-state index in [-0.39, 0.29) is 5.78 Å². The zero-order valence-electron chi connectivity index (χ0n) is 9.45. The Balaban J connectivity index is 1.99. The smallest absolute Gasteiger partial charge is 0.213 e. The van der Waals surface area contributed by atoms with Gasteiger partial charge in [0.15, 0.2) is 5.78 Å². The molecule has 1 aromatic heterocycles. The van der Waals surface area contributed by atoms with Gasteiger partial charge >= 0.3 is 0 Å².